The van der Waals surface area contributed by atoms with Gasteiger partial charge in [0.05, 0.1) is 11.9 Å². The summed E-state index contributed by atoms with van der Waals surface area (Å²) < 4.78 is 21.6. The van der Waals surface area contributed by atoms with Crippen LogP contribution < -0.4 is 11.1 Å². The molecule has 6 nitrogen and oxygen atoms in total. The number of rotatable bonds is 3. The third kappa shape index (κ3) is 4.41. The van der Waals surface area contributed by atoms with Crippen LogP contribution in [0.25, 0.3) is 0 Å². The molecule has 0 bridgehead atoms. The van der Waals surface area contributed by atoms with Gasteiger partial charge in [0.2, 0.25) is 5.91 Å². The molecule has 1 heterocycles. The van der Waals surface area contributed by atoms with Crippen LogP contribution in [0.3, 0.4) is 0 Å². The smallest absolute Gasteiger partial charge is 0.239 e. The molecular weight excluding hydrogens is 218 g/mol. The molecule has 1 aromatic rings. The second kappa shape index (κ2) is 4.26. The topological polar surface area (TPSA) is 102 Å². The maximum Gasteiger partial charge on any atom is 0.239 e. The van der Waals surface area contributed by atoms with Crippen LogP contribution in [0, 0.1) is 0 Å². The molecule has 0 aromatic carbocycles. The van der Waals surface area contributed by atoms with Crippen LogP contribution in [-0.4, -0.2) is 31.3 Å². The number of nitrogen functional groups attached to an aromatic ring is 1. The molecule has 0 aliphatic carbocycles. The van der Waals surface area contributed by atoms with Gasteiger partial charge in [-0.2, -0.15) is 0 Å². The van der Waals surface area contributed by atoms with Gasteiger partial charge >= 0.3 is 0 Å². The van der Waals surface area contributed by atoms with Crippen molar-refractivity contribution in [3.05, 3.63) is 18.3 Å². The van der Waals surface area contributed by atoms with Crippen molar-refractivity contribution in [2.45, 2.75) is 0 Å². The molecule has 1 aromatic heterocycles. The van der Waals surface area contributed by atoms with Crippen molar-refractivity contribution >= 4 is 27.2 Å². The monoisotopic (exact) mass is 229 g/mol. The van der Waals surface area contributed by atoms with Crippen molar-refractivity contribution in [3.8, 4) is 0 Å². The van der Waals surface area contributed by atoms with Crippen LogP contribution in [0.15, 0.2) is 18.3 Å². The van der Waals surface area contributed by atoms with E-state index >= 15 is 0 Å². The number of pyridine rings is 1. The van der Waals surface area contributed by atoms with Gasteiger partial charge in [0.25, 0.3) is 0 Å². The molecule has 0 aliphatic heterocycles. The Hall–Kier alpha value is -1.63. The standard InChI is InChI=1S/C8H11N3O3S/c1-15(13,14)5-8(12)11-6-2-3-7(9)10-4-6/h2-4H,5H2,1H3,(H2,9,10)(H,11,12). The summed E-state index contributed by atoms with van der Waals surface area (Å²) >= 11 is 0. The highest BCUT2D eigenvalue weighted by molar-refractivity contribution is 7.91. The molecule has 0 unspecified atom stereocenters. The van der Waals surface area contributed by atoms with E-state index in [9.17, 15) is 13.2 Å². The average Bonchev–Trinajstić information content (AvgIpc) is 2.05. The Labute approximate surface area is 87.4 Å². The molecule has 1 rings (SSSR count). The summed E-state index contributed by atoms with van der Waals surface area (Å²) in [5, 5.41) is 2.39. The van der Waals surface area contributed by atoms with E-state index in [-0.39, 0.29) is 0 Å². The molecule has 0 saturated heterocycles. The van der Waals surface area contributed by atoms with Gasteiger partial charge in [-0.1, -0.05) is 0 Å². The normalized spacial score (nSPS) is 11.0. The van der Waals surface area contributed by atoms with E-state index in [1.807, 2.05) is 0 Å². The average molecular weight is 229 g/mol. The first kappa shape index (κ1) is 11.4. The van der Waals surface area contributed by atoms with Crippen LogP contribution >= 0.6 is 0 Å². The molecule has 0 aliphatic rings. The van der Waals surface area contributed by atoms with Crippen LogP contribution in [0.5, 0.6) is 0 Å². The lowest BCUT2D eigenvalue weighted by molar-refractivity contribution is -0.113. The molecule has 0 fully saturated rings. The zero-order chi connectivity index (χ0) is 11.5. The van der Waals surface area contributed by atoms with E-state index in [1.165, 1.54) is 12.3 Å². The van der Waals surface area contributed by atoms with E-state index < -0.39 is 21.5 Å². The highest BCUT2D eigenvalue weighted by atomic mass is 32.2. The van der Waals surface area contributed by atoms with E-state index in [1.54, 1.807) is 6.07 Å². The zero-order valence-corrected chi connectivity index (χ0v) is 8.91. The first-order chi connectivity index (χ1) is 6.87. The minimum absolute atomic E-state index is 0.330. The van der Waals surface area contributed by atoms with Gasteiger partial charge in [0, 0.05) is 6.26 Å². The predicted molar refractivity (Wildman–Crippen MR) is 57.0 cm³/mol. The Morgan fingerprint density at radius 3 is 2.67 bits per heavy atom. The summed E-state index contributed by atoms with van der Waals surface area (Å²) in [6, 6.07) is 3.05. The van der Waals surface area contributed by atoms with Crippen LogP contribution in [0.4, 0.5) is 11.5 Å². The lowest BCUT2D eigenvalue weighted by Gasteiger charge is -2.03. The Kier molecular flexibility index (Phi) is 3.25. The highest BCUT2D eigenvalue weighted by Crippen LogP contribution is 2.06. The fourth-order valence-corrected chi connectivity index (χ4v) is 1.46. The Morgan fingerprint density at radius 2 is 2.20 bits per heavy atom. The molecule has 0 spiro atoms. The van der Waals surface area contributed by atoms with E-state index in [4.69, 9.17) is 5.73 Å². The third-order valence-corrected chi connectivity index (χ3v) is 2.25. The fraction of sp³-hybridized carbons (Fsp3) is 0.250. The number of nitrogens with two attached hydrogens (primary N) is 1. The summed E-state index contributed by atoms with van der Waals surface area (Å²) in [6.45, 7) is 0. The van der Waals surface area contributed by atoms with Crippen molar-refractivity contribution in [2.75, 3.05) is 23.1 Å². The number of aromatic nitrogens is 1. The highest BCUT2D eigenvalue weighted by Gasteiger charge is 2.10. The Bertz CT molecular complexity index is 453. The quantitative estimate of drug-likeness (QED) is 0.737. The lowest BCUT2D eigenvalue weighted by atomic mass is 10.4. The van der Waals surface area contributed by atoms with E-state index in [0.717, 1.165) is 6.26 Å². The lowest BCUT2D eigenvalue weighted by Crippen LogP contribution is -2.21. The third-order valence-electron chi connectivity index (χ3n) is 1.46. The van der Waals surface area contributed by atoms with E-state index in [0.29, 0.717) is 11.5 Å². The number of sulfone groups is 1. The number of hydrogen-bond donors (Lipinski definition) is 2. The molecule has 82 valence electrons. The largest absolute Gasteiger partial charge is 0.384 e. The number of anilines is 2. The van der Waals surface area contributed by atoms with Crippen LogP contribution in [-0.2, 0) is 14.6 Å². The Balaban J connectivity index is 2.63. The molecule has 0 saturated carbocycles. The number of amides is 1. The summed E-state index contributed by atoms with van der Waals surface area (Å²) in [5.41, 5.74) is 5.75. The summed E-state index contributed by atoms with van der Waals surface area (Å²) in [4.78, 5) is 14.9. The molecule has 0 atom stereocenters. The van der Waals surface area contributed by atoms with Crippen molar-refractivity contribution < 1.29 is 13.2 Å². The number of nitrogens with zero attached hydrogens (tertiary/aromatic N) is 1. The predicted octanol–water partition coefficient (Wildman–Crippen LogP) is -0.353. The minimum Gasteiger partial charge on any atom is -0.384 e. The molecule has 7 heteroatoms. The first-order valence-corrected chi connectivity index (χ1v) is 6.12. The van der Waals surface area contributed by atoms with Crippen molar-refractivity contribution in [2.24, 2.45) is 0 Å². The maximum absolute atomic E-state index is 11.2. The maximum atomic E-state index is 11.2. The van der Waals surface area contributed by atoms with Crippen LogP contribution in [0.1, 0.15) is 0 Å². The SMILES string of the molecule is CS(=O)(=O)CC(=O)Nc1ccc(N)nc1. The number of nitrogens with one attached hydrogen (secondary N) is 1. The van der Waals surface area contributed by atoms with Gasteiger partial charge in [-0.05, 0) is 12.1 Å². The molecular formula is C8H11N3O3S. The number of carbonyl (C=O) groups excluding carboxylic acids is 1. The van der Waals surface area contributed by atoms with Crippen molar-refractivity contribution in [3.63, 3.8) is 0 Å². The second-order valence-electron chi connectivity index (χ2n) is 3.09. The molecule has 1 amide bonds. The minimum atomic E-state index is -3.31. The van der Waals surface area contributed by atoms with Crippen molar-refractivity contribution in [1.82, 2.24) is 4.98 Å². The summed E-state index contributed by atoms with van der Waals surface area (Å²) in [5.74, 6) is -0.808. The zero-order valence-electron chi connectivity index (χ0n) is 8.10. The summed E-state index contributed by atoms with van der Waals surface area (Å²) in [7, 11) is -3.31. The number of carbonyl (C=O) groups is 1. The van der Waals surface area contributed by atoms with Gasteiger partial charge in [-0.3, -0.25) is 4.79 Å². The molecule has 0 radical (unpaired) electrons. The second-order valence-corrected chi connectivity index (χ2v) is 5.23. The van der Waals surface area contributed by atoms with Gasteiger partial charge in [-0.25, -0.2) is 13.4 Å². The van der Waals surface area contributed by atoms with Gasteiger partial charge in [0.15, 0.2) is 9.84 Å². The van der Waals surface area contributed by atoms with Gasteiger partial charge in [0.1, 0.15) is 11.6 Å². The van der Waals surface area contributed by atoms with Gasteiger partial charge in [-0.15, -0.1) is 0 Å². The van der Waals surface area contributed by atoms with E-state index in [2.05, 4.69) is 10.3 Å². The van der Waals surface area contributed by atoms with Gasteiger partial charge < -0.3 is 11.1 Å². The number of hydrogen-bond acceptors (Lipinski definition) is 5. The molecule has 3 N–H and O–H groups in total. The van der Waals surface area contributed by atoms with Crippen molar-refractivity contribution in [1.29, 1.82) is 0 Å². The summed E-state index contributed by atoms with van der Waals surface area (Å²) in [6.07, 6.45) is 2.35. The van der Waals surface area contributed by atoms with Crippen LogP contribution in [0.2, 0.25) is 0 Å². The first-order valence-electron chi connectivity index (χ1n) is 4.06. The molecule has 15 heavy (non-hydrogen) atoms. The fourth-order valence-electron chi connectivity index (χ4n) is 0.914. The Morgan fingerprint density at radius 1 is 1.53 bits per heavy atom.